The lowest BCUT2D eigenvalue weighted by molar-refractivity contribution is 0.398. The number of rotatable bonds is 2. The average molecular weight is 236 g/mol. The van der Waals surface area contributed by atoms with E-state index in [2.05, 4.69) is 9.17 Å². The minimum absolute atomic E-state index is 0.0604. The minimum Gasteiger partial charge on any atom is -0.360 e. The monoisotopic (exact) mass is 236 g/mol. The zero-order valence-electron chi connectivity index (χ0n) is 8.39. The maximum atomic E-state index is 11.6. The Hall–Kier alpha value is -1.84. The van der Waals surface area contributed by atoms with Crippen LogP contribution in [-0.4, -0.2) is 20.5 Å². The molecule has 82 valence electrons. The number of nitrogens with zero attached hydrogens (tertiary/aromatic N) is 1. The van der Waals surface area contributed by atoms with Crippen molar-refractivity contribution >= 4 is 21.0 Å². The third-order valence-electron chi connectivity index (χ3n) is 2.29. The second kappa shape index (κ2) is 3.63. The summed E-state index contributed by atoms with van der Waals surface area (Å²) in [6.45, 7) is 0. The number of nitrogens with one attached hydrogen (secondary N) is 1. The zero-order chi connectivity index (χ0) is 11.8. The lowest BCUT2D eigenvalue weighted by Gasteiger charge is -2.03. The van der Waals surface area contributed by atoms with Gasteiger partial charge >= 0.3 is 0 Å². The lowest BCUT2D eigenvalue weighted by atomic mass is 10.2. The summed E-state index contributed by atoms with van der Waals surface area (Å²) in [4.78, 5) is 2.89. The van der Waals surface area contributed by atoms with Crippen molar-refractivity contribution < 1.29 is 12.6 Å². The van der Waals surface area contributed by atoms with Crippen LogP contribution in [0.25, 0.3) is 10.9 Å². The van der Waals surface area contributed by atoms with Crippen molar-refractivity contribution in [1.29, 1.82) is 5.26 Å². The molecule has 5 nitrogen and oxygen atoms in total. The van der Waals surface area contributed by atoms with E-state index in [9.17, 15) is 8.42 Å². The Morgan fingerprint density at radius 1 is 1.38 bits per heavy atom. The van der Waals surface area contributed by atoms with E-state index in [0.717, 1.165) is 7.11 Å². The minimum atomic E-state index is -3.75. The first-order chi connectivity index (χ1) is 7.60. The Kier molecular flexibility index (Phi) is 2.42. The normalized spacial score (nSPS) is 11.5. The highest BCUT2D eigenvalue weighted by Gasteiger charge is 2.18. The van der Waals surface area contributed by atoms with Gasteiger partial charge in [-0.15, -0.1) is 0 Å². The van der Waals surface area contributed by atoms with Crippen molar-refractivity contribution in [1.82, 2.24) is 4.98 Å². The van der Waals surface area contributed by atoms with Crippen LogP contribution >= 0.6 is 0 Å². The summed E-state index contributed by atoms with van der Waals surface area (Å²) < 4.78 is 27.6. The second-order valence-corrected chi connectivity index (χ2v) is 4.79. The van der Waals surface area contributed by atoms with Crippen LogP contribution in [0, 0.1) is 11.3 Å². The van der Waals surface area contributed by atoms with Gasteiger partial charge < -0.3 is 4.98 Å². The summed E-state index contributed by atoms with van der Waals surface area (Å²) in [6.07, 6.45) is 1.58. The molecule has 1 N–H and O–H groups in total. The number of benzene rings is 1. The summed E-state index contributed by atoms with van der Waals surface area (Å²) in [7, 11) is -2.65. The molecule has 0 aliphatic rings. The molecule has 6 heteroatoms. The number of aromatic nitrogens is 1. The molecule has 1 heterocycles. The van der Waals surface area contributed by atoms with Crippen LogP contribution in [0.2, 0.25) is 0 Å². The Morgan fingerprint density at radius 3 is 2.75 bits per heavy atom. The van der Waals surface area contributed by atoms with Crippen molar-refractivity contribution in [2.45, 2.75) is 4.90 Å². The molecule has 0 bridgehead atoms. The summed E-state index contributed by atoms with van der Waals surface area (Å²) >= 11 is 0. The van der Waals surface area contributed by atoms with Crippen LogP contribution in [0.15, 0.2) is 29.3 Å². The van der Waals surface area contributed by atoms with Gasteiger partial charge in [0.2, 0.25) is 0 Å². The van der Waals surface area contributed by atoms with E-state index in [1.165, 1.54) is 12.1 Å². The molecule has 1 aromatic heterocycles. The van der Waals surface area contributed by atoms with E-state index < -0.39 is 10.1 Å². The fourth-order valence-corrected chi connectivity index (χ4v) is 2.38. The third-order valence-corrected chi connectivity index (χ3v) is 3.63. The molecule has 0 unspecified atom stereocenters. The Morgan fingerprint density at radius 2 is 2.12 bits per heavy atom. The lowest BCUT2D eigenvalue weighted by Crippen LogP contribution is -2.03. The quantitative estimate of drug-likeness (QED) is 0.798. The van der Waals surface area contributed by atoms with Crippen molar-refractivity contribution in [2.24, 2.45) is 0 Å². The van der Waals surface area contributed by atoms with Gasteiger partial charge in [-0.2, -0.15) is 13.7 Å². The molecule has 1 aromatic carbocycles. The van der Waals surface area contributed by atoms with Gasteiger partial charge in [0.15, 0.2) is 0 Å². The van der Waals surface area contributed by atoms with Crippen molar-refractivity contribution in [2.75, 3.05) is 7.11 Å². The highest BCUT2D eigenvalue weighted by atomic mass is 32.2. The number of nitriles is 1. The van der Waals surface area contributed by atoms with Gasteiger partial charge in [-0.25, -0.2) is 0 Å². The molecule has 0 atom stereocenters. The van der Waals surface area contributed by atoms with Gasteiger partial charge in [0, 0.05) is 11.6 Å². The molecule has 0 amide bonds. The Bertz CT molecular complexity index is 680. The van der Waals surface area contributed by atoms with E-state index in [4.69, 9.17) is 5.26 Å². The number of fused-ring (bicyclic) bond motifs is 1. The molecule has 0 spiro atoms. The molecule has 2 rings (SSSR count). The van der Waals surface area contributed by atoms with E-state index in [0.29, 0.717) is 16.5 Å². The number of aromatic amines is 1. The molecular formula is C10H8N2O3S. The average Bonchev–Trinajstić information content (AvgIpc) is 2.76. The van der Waals surface area contributed by atoms with E-state index in [-0.39, 0.29) is 4.90 Å². The first kappa shape index (κ1) is 10.7. The zero-order valence-corrected chi connectivity index (χ0v) is 9.21. The van der Waals surface area contributed by atoms with Gasteiger partial charge in [0.1, 0.15) is 11.0 Å². The molecule has 0 aliphatic carbocycles. The van der Waals surface area contributed by atoms with Gasteiger partial charge in [0.05, 0.1) is 18.2 Å². The van der Waals surface area contributed by atoms with Crippen LogP contribution in [0.1, 0.15) is 5.56 Å². The molecular weight excluding hydrogens is 228 g/mol. The number of hydrogen-bond donors (Lipinski definition) is 1. The van der Waals surface area contributed by atoms with E-state index in [1.54, 1.807) is 12.3 Å². The first-order valence-electron chi connectivity index (χ1n) is 4.41. The third kappa shape index (κ3) is 1.46. The fourth-order valence-electron chi connectivity index (χ4n) is 1.53. The van der Waals surface area contributed by atoms with Gasteiger partial charge in [-0.05, 0) is 18.2 Å². The SMILES string of the molecule is COS(=O)(=O)c1ccc(C#N)c2[nH]ccc12. The Labute approximate surface area is 92.4 Å². The van der Waals surface area contributed by atoms with Crippen molar-refractivity contribution in [3.05, 3.63) is 30.0 Å². The molecule has 0 saturated carbocycles. The van der Waals surface area contributed by atoms with Gasteiger partial charge in [0.25, 0.3) is 10.1 Å². The molecule has 2 aromatic rings. The summed E-state index contributed by atoms with van der Waals surface area (Å²) in [5.74, 6) is 0. The van der Waals surface area contributed by atoms with Gasteiger partial charge in [-0.3, -0.25) is 4.18 Å². The highest BCUT2D eigenvalue weighted by molar-refractivity contribution is 7.87. The van der Waals surface area contributed by atoms with Crippen LogP contribution in [0.4, 0.5) is 0 Å². The van der Waals surface area contributed by atoms with Crippen LogP contribution in [-0.2, 0) is 14.3 Å². The Balaban J connectivity index is 2.86. The smallest absolute Gasteiger partial charge is 0.297 e. The molecule has 0 saturated heterocycles. The standard InChI is InChI=1S/C10H8N2O3S/c1-15-16(13,14)9-3-2-7(6-11)10-8(9)4-5-12-10/h2-5,12H,1H3. The molecule has 0 aliphatic heterocycles. The van der Waals surface area contributed by atoms with Gasteiger partial charge in [-0.1, -0.05) is 0 Å². The van der Waals surface area contributed by atoms with Crippen LogP contribution in [0.3, 0.4) is 0 Å². The molecule has 0 radical (unpaired) electrons. The largest absolute Gasteiger partial charge is 0.360 e. The number of H-pyrrole nitrogens is 1. The number of hydrogen-bond acceptors (Lipinski definition) is 4. The second-order valence-electron chi connectivity index (χ2n) is 3.11. The maximum absolute atomic E-state index is 11.6. The predicted octanol–water partition coefficient (Wildman–Crippen LogP) is 1.37. The molecule has 0 fully saturated rings. The molecule has 16 heavy (non-hydrogen) atoms. The van der Waals surface area contributed by atoms with Crippen LogP contribution < -0.4 is 0 Å². The van der Waals surface area contributed by atoms with Crippen LogP contribution in [0.5, 0.6) is 0 Å². The van der Waals surface area contributed by atoms with E-state index >= 15 is 0 Å². The van der Waals surface area contributed by atoms with Crippen molar-refractivity contribution in [3.8, 4) is 6.07 Å². The predicted molar refractivity (Wildman–Crippen MR) is 57.2 cm³/mol. The van der Waals surface area contributed by atoms with E-state index in [1.807, 2.05) is 6.07 Å². The first-order valence-corrected chi connectivity index (χ1v) is 5.82. The maximum Gasteiger partial charge on any atom is 0.297 e. The highest BCUT2D eigenvalue weighted by Crippen LogP contribution is 2.25. The van der Waals surface area contributed by atoms with Crippen molar-refractivity contribution in [3.63, 3.8) is 0 Å². The topological polar surface area (TPSA) is 82.9 Å². The summed E-state index contributed by atoms with van der Waals surface area (Å²) in [5.41, 5.74) is 0.899. The summed E-state index contributed by atoms with van der Waals surface area (Å²) in [6, 6.07) is 6.40. The fraction of sp³-hybridized carbons (Fsp3) is 0.100. The summed E-state index contributed by atoms with van der Waals surface area (Å²) in [5, 5.41) is 9.31.